The molecule has 0 amide bonds. The first-order valence-corrected chi connectivity index (χ1v) is 9.54. The Balaban J connectivity index is 1.37. The molecule has 2 heterocycles. The Labute approximate surface area is 185 Å². The summed E-state index contributed by atoms with van der Waals surface area (Å²) >= 11 is 0. The highest BCUT2D eigenvalue weighted by atomic mass is 19.1. The molecule has 2 aliphatic rings. The van der Waals surface area contributed by atoms with E-state index in [2.05, 4.69) is 33.2 Å². The maximum absolute atomic E-state index is 14.5. The smallest absolute Gasteiger partial charge is 0.346 e. The van der Waals surface area contributed by atoms with Crippen molar-refractivity contribution >= 4 is 23.9 Å². The molecule has 0 radical (unpaired) electrons. The first kappa shape index (κ1) is 19.9. The molecule has 0 aliphatic carbocycles. The number of rotatable bonds is 0. The van der Waals surface area contributed by atoms with Gasteiger partial charge in [-0.15, -0.1) is 0 Å². The third-order valence-electron chi connectivity index (χ3n) is 4.95. The Morgan fingerprint density at radius 3 is 1.45 bits per heavy atom. The molecular weight excluding hydrogens is 427 g/mol. The molecule has 0 atom stereocenters. The van der Waals surface area contributed by atoms with Gasteiger partial charge < -0.3 is 9.47 Å². The second kappa shape index (κ2) is 7.60. The van der Waals surface area contributed by atoms with Gasteiger partial charge in [0.15, 0.2) is 0 Å². The maximum Gasteiger partial charge on any atom is 0.346 e. The van der Waals surface area contributed by atoms with Crippen molar-refractivity contribution < 1.29 is 33.0 Å². The Morgan fingerprint density at radius 2 is 0.939 bits per heavy atom. The molecule has 5 rings (SSSR count). The van der Waals surface area contributed by atoms with Crippen LogP contribution in [-0.4, -0.2) is 23.9 Å². The van der Waals surface area contributed by atoms with E-state index in [9.17, 15) is 23.6 Å². The number of halogens is 1. The van der Waals surface area contributed by atoms with Gasteiger partial charge in [-0.05, 0) is 54.6 Å². The largest absolute Gasteiger partial charge is 0.386 e. The average Bonchev–Trinajstić information content (AvgIpc) is 3.25. The molecule has 0 N–H and O–H groups in total. The average molecular weight is 436 g/mol. The van der Waals surface area contributed by atoms with Crippen LogP contribution < -0.4 is 0 Å². The third kappa shape index (κ3) is 3.65. The normalized spacial score (nSPS) is 13.2. The molecule has 2 aliphatic heterocycles. The highest BCUT2D eigenvalue weighted by molar-refractivity contribution is 6.15. The van der Waals surface area contributed by atoms with Crippen LogP contribution in [0.3, 0.4) is 0 Å². The molecule has 0 fully saturated rings. The lowest BCUT2D eigenvalue weighted by Gasteiger charge is -1.97. The van der Waals surface area contributed by atoms with Crippen molar-refractivity contribution in [3.8, 4) is 23.7 Å². The van der Waals surface area contributed by atoms with E-state index in [1.165, 1.54) is 36.4 Å². The Bertz CT molecular complexity index is 1560. The number of carbonyl (C=O) groups is 4. The second-order valence-electron chi connectivity index (χ2n) is 7.07. The van der Waals surface area contributed by atoms with E-state index < -0.39 is 29.7 Å². The summed E-state index contributed by atoms with van der Waals surface area (Å²) in [6, 6.07) is 13.2. The minimum absolute atomic E-state index is 0.124. The number of esters is 4. The predicted molar refractivity (Wildman–Crippen MR) is 111 cm³/mol. The maximum atomic E-state index is 14.5. The summed E-state index contributed by atoms with van der Waals surface area (Å²) in [5.74, 6) is 7.62. The summed E-state index contributed by atoms with van der Waals surface area (Å²) in [5.41, 5.74) is 2.04. The van der Waals surface area contributed by atoms with Crippen molar-refractivity contribution in [1.82, 2.24) is 0 Å². The second-order valence-corrected chi connectivity index (χ2v) is 7.07. The van der Waals surface area contributed by atoms with Crippen LogP contribution in [0.25, 0.3) is 0 Å². The van der Waals surface area contributed by atoms with E-state index in [4.69, 9.17) is 0 Å². The van der Waals surface area contributed by atoms with Crippen LogP contribution in [0, 0.1) is 29.5 Å². The third-order valence-corrected chi connectivity index (χ3v) is 4.95. The standard InChI is InChI=1S/C26H9FO6/c27-22-13-16(2-1-14-5-9-18-20(11-14)25(30)32-23(18)28)4-8-17(22)7-3-15-6-10-19-21(12-15)26(31)33-24(19)29/h4-6,8-13H. The van der Waals surface area contributed by atoms with Crippen molar-refractivity contribution in [2.75, 3.05) is 0 Å². The Kier molecular flexibility index (Phi) is 4.59. The lowest BCUT2D eigenvalue weighted by atomic mass is 10.0. The van der Waals surface area contributed by atoms with Gasteiger partial charge in [0, 0.05) is 16.7 Å². The minimum atomic E-state index is -0.736. The lowest BCUT2D eigenvalue weighted by molar-refractivity contribution is 0.0425. The summed E-state index contributed by atoms with van der Waals surface area (Å²) < 4.78 is 23.6. The molecule has 156 valence electrons. The van der Waals surface area contributed by atoms with Crippen molar-refractivity contribution in [1.29, 1.82) is 0 Å². The van der Waals surface area contributed by atoms with E-state index in [-0.39, 0.29) is 27.8 Å². The fourth-order valence-corrected chi connectivity index (χ4v) is 3.30. The van der Waals surface area contributed by atoms with Crippen LogP contribution in [0.2, 0.25) is 0 Å². The van der Waals surface area contributed by atoms with E-state index in [1.807, 2.05) is 0 Å². The molecule has 0 saturated heterocycles. The van der Waals surface area contributed by atoms with Crippen LogP contribution >= 0.6 is 0 Å². The highest BCUT2D eigenvalue weighted by Gasteiger charge is 2.30. The van der Waals surface area contributed by atoms with Gasteiger partial charge in [-0.3, -0.25) is 0 Å². The molecule has 0 saturated carbocycles. The van der Waals surface area contributed by atoms with E-state index >= 15 is 0 Å². The van der Waals surface area contributed by atoms with Crippen LogP contribution in [0.15, 0.2) is 54.6 Å². The van der Waals surface area contributed by atoms with Gasteiger partial charge in [-0.1, -0.05) is 23.7 Å². The van der Waals surface area contributed by atoms with Gasteiger partial charge in [-0.2, -0.15) is 0 Å². The van der Waals surface area contributed by atoms with Crippen molar-refractivity contribution in [2.45, 2.75) is 0 Å². The number of ether oxygens (including phenoxy) is 2. The molecule has 0 spiro atoms. The Morgan fingerprint density at radius 1 is 0.515 bits per heavy atom. The number of fused-ring (bicyclic) bond motifs is 2. The molecule has 3 aromatic carbocycles. The molecule has 0 bridgehead atoms. The van der Waals surface area contributed by atoms with Crippen molar-refractivity contribution in [3.05, 3.63) is 105 Å². The number of benzene rings is 3. The molecule has 7 heteroatoms. The van der Waals surface area contributed by atoms with Gasteiger partial charge >= 0.3 is 23.9 Å². The monoisotopic (exact) mass is 436 g/mol. The van der Waals surface area contributed by atoms with E-state index in [1.54, 1.807) is 18.2 Å². The number of cyclic esters (lactones) is 4. The first-order valence-electron chi connectivity index (χ1n) is 9.54. The fourth-order valence-electron chi connectivity index (χ4n) is 3.30. The predicted octanol–water partition coefficient (Wildman–Crippen LogP) is 3.25. The lowest BCUT2D eigenvalue weighted by Crippen LogP contribution is -1.96. The minimum Gasteiger partial charge on any atom is -0.386 e. The molecule has 33 heavy (non-hydrogen) atoms. The molecule has 3 aromatic rings. The summed E-state index contributed by atoms with van der Waals surface area (Å²) in [4.78, 5) is 46.3. The van der Waals surface area contributed by atoms with Gasteiger partial charge in [0.2, 0.25) is 0 Å². The van der Waals surface area contributed by atoms with Crippen LogP contribution in [0.4, 0.5) is 4.39 Å². The molecular formula is C26H9FO6. The molecule has 0 unspecified atom stereocenters. The Hall–Kier alpha value is -5.01. The zero-order valence-electron chi connectivity index (χ0n) is 16.5. The first-order chi connectivity index (χ1) is 15.9. The fraction of sp³-hybridized carbons (Fsp3) is 0. The SMILES string of the molecule is O=C1OC(=O)c2cc(C#Cc3ccc(C#Cc4ccc5c(c4)C(=O)OC5=O)c(F)c3)ccc21. The van der Waals surface area contributed by atoms with E-state index in [0.717, 1.165) is 0 Å². The van der Waals surface area contributed by atoms with Gasteiger partial charge in [0.25, 0.3) is 0 Å². The van der Waals surface area contributed by atoms with Gasteiger partial charge in [-0.25, -0.2) is 23.6 Å². The van der Waals surface area contributed by atoms with Gasteiger partial charge in [0.05, 0.1) is 27.8 Å². The molecule has 0 aromatic heterocycles. The zero-order chi connectivity index (χ0) is 23.1. The molecule has 6 nitrogen and oxygen atoms in total. The van der Waals surface area contributed by atoms with Gasteiger partial charge in [0.1, 0.15) is 5.82 Å². The number of hydrogen-bond donors (Lipinski definition) is 0. The van der Waals surface area contributed by atoms with Crippen molar-refractivity contribution in [3.63, 3.8) is 0 Å². The summed E-state index contributed by atoms with van der Waals surface area (Å²) in [6.07, 6.45) is 0. The quantitative estimate of drug-likeness (QED) is 0.306. The topological polar surface area (TPSA) is 86.7 Å². The van der Waals surface area contributed by atoms with Crippen LogP contribution in [0.1, 0.15) is 63.7 Å². The van der Waals surface area contributed by atoms with Crippen LogP contribution in [0.5, 0.6) is 0 Å². The van der Waals surface area contributed by atoms with Crippen molar-refractivity contribution in [2.24, 2.45) is 0 Å². The number of hydrogen-bond acceptors (Lipinski definition) is 6. The summed E-state index contributed by atoms with van der Waals surface area (Å²) in [6.45, 7) is 0. The zero-order valence-corrected chi connectivity index (χ0v) is 16.5. The van der Waals surface area contributed by atoms with Crippen LogP contribution in [-0.2, 0) is 9.47 Å². The highest BCUT2D eigenvalue weighted by Crippen LogP contribution is 2.22. The summed E-state index contributed by atoms with van der Waals surface area (Å²) in [5, 5.41) is 0. The summed E-state index contributed by atoms with van der Waals surface area (Å²) in [7, 11) is 0. The number of carbonyl (C=O) groups excluding carboxylic acids is 4. The van der Waals surface area contributed by atoms with E-state index in [0.29, 0.717) is 16.7 Å².